The molecule has 2 aromatic carbocycles. The van der Waals surface area contributed by atoms with Crippen molar-refractivity contribution < 1.29 is 9.53 Å². The number of halogens is 1. The second kappa shape index (κ2) is 10.2. The molecule has 0 saturated heterocycles. The molecule has 2 rings (SSSR count). The van der Waals surface area contributed by atoms with Gasteiger partial charge in [-0.25, -0.2) is 5.43 Å². The fourth-order valence-electron chi connectivity index (χ4n) is 2.00. The standard InChI is InChI=1S/C21H21ClN2O2/c1-16-14-19(12-13-20(16)22)26-15-21(25)24-23-17(2)8-6-7-11-18-9-4-3-5-10-18/h3-14H,15H2,1-2H3,(H,24,25). The average molecular weight is 369 g/mol. The molecule has 0 radical (unpaired) electrons. The maximum absolute atomic E-state index is 11.8. The first-order valence-electron chi connectivity index (χ1n) is 8.16. The van der Waals surface area contributed by atoms with Gasteiger partial charge in [-0.15, -0.1) is 0 Å². The van der Waals surface area contributed by atoms with E-state index in [1.807, 2.05) is 61.6 Å². The zero-order chi connectivity index (χ0) is 18.8. The number of hydrazone groups is 1. The minimum atomic E-state index is -0.329. The number of ether oxygens (including phenoxy) is 1. The Morgan fingerprint density at radius 1 is 1.19 bits per heavy atom. The number of amides is 1. The molecule has 1 amide bonds. The van der Waals surface area contributed by atoms with Crippen molar-refractivity contribution in [3.63, 3.8) is 0 Å². The summed E-state index contributed by atoms with van der Waals surface area (Å²) in [5.41, 5.74) is 5.15. The number of hydrogen-bond donors (Lipinski definition) is 1. The van der Waals surface area contributed by atoms with E-state index >= 15 is 0 Å². The molecule has 5 heteroatoms. The van der Waals surface area contributed by atoms with Gasteiger partial charge in [-0.3, -0.25) is 4.79 Å². The average Bonchev–Trinajstić information content (AvgIpc) is 2.65. The van der Waals surface area contributed by atoms with Gasteiger partial charge in [-0.05, 0) is 49.2 Å². The van der Waals surface area contributed by atoms with Gasteiger partial charge in [0.1, 0.15) is 5.75 Å². The highest BCUT2D eigenvalue weighted by molar-refractivity contribution is 6.31. The summed E-state index contributed by atoms with van der Waals surface area (Å²) in [6, 6.07) is 15.2. The van der Waals surface area contributed by atoms with Crippen LogP contribution in [0, 0.1) is 6.92 Å². The lowest BCUT2D eigenvalue weighted by atomic mass is 10.2. The molecule has 0 aliphatic carbocycles. The van der Waals surface area contributed by atoms with Crippen molar-refractivity contribution in [1.82, 2.24) is 5.43 Å². The zero-order valence-electron chi connectivity index (χ0n) is 14.8. The van der Waals surface area contributed by atoms with Crippen molar-refractivity contribution in [3.05, 3.63) is 82.9 Å². The molecule has 4 nitrogen and oxygen atoms in total. The van der Waals surface area contributed by atoms with Crippen LogP contribution in [0.15, 0.2) is 71.9 Å². The summed E-state index contributed by atoms with van der Waals surface area (Å²) in [5, 5.41) is 4.67. The maximum Gasteiger partial charge on any atom is 0.277 e. The topological polar surface area (TPSA) is 50.7 Å². The molecule has 0 bridgehead atoms. The highest BCUT2D eigenvalue weighted by Gasteiger charge is 2.03. The van der Waals surface area contributed by atoms with Crippen molar-refractivity contribution in [1.29, 1.82) is 0 Å². The van der Waals surface area contributed by atoms with E-state index in [1.54, 1.807) is 25.1 Å². The number of aryl methyl sites for hydroxylation is 1. The van der Waals surface area contributed by atoms with Gasteiger partial charge in [0.05, 0.1) is 5.71 Å². The quantitative estimate of drug-likeness (QED) is 0.434. The Morgan fingerprint density at radius 2 is 1.96 bits per heavy atom. The Labute approximate surface area is 158 Å². The molecule has 26 heavy (non-hydrogen) atoms. The third-order valence-corrected chi connectivity index (χ3v) is 3.82. The van der Waals surface area contributed by atoms with Crippen LogP contribution in [0.1, 0.15) is 18.1 Å². The summed E-state index contributed by atoms with van der Waals surface area (Å²) in [5.74, 6) is 0.263. The number of allylic oxidation sites excluding steroid dienone is 3. The Hall–Kier alpha value is -2.85. The fourth-order valence-corrected chi connectivity index (χ4v) is 2.12. The zero-order valence-corrected chi connectivity index (χ0v) is 15.5. The molecule has 0 aromatic heterocycles. The molecular weight excluding hydrogens is 348 g/mol. The number of rotatable bonds is 7. The van der Waals surface area contributed by atoms with E-state index in [2.05, 4.69) is 10.5 Å². The van der Waals surface area contributed by atoms with Crippen LogP contribution in [0.25, 0.3) is 6.08 Å². The van der Waals surface area contributed by atoms with Gasteiger partial charge in [0.2, 0.25) is 0 Å². The Kier molecular flexibility index (Phi) is 7.65. The van der Waals surface area contributed by atoms with Gasteiger partial charge in [0.15, 0.2) is 6.61 Å². The van der Waals surface area contributed by atoms with Crippen LogP contribution < -0.4 is 10.2 Å². The summed E-state index contributed by atoms with van der Waals surface area (Å²) in [6.45, 7) is 3.56. The van der Waals surface area contributed by atoms with Gasteiger partial charge in [0, 0.05) is 5.02 Å². The monoisotopic (exact) mass is 368 g/mol. The Morgan fingerprint density at radius 3 is 2.69 bits per heavy atom. The molecule has 2 aromatic rings. The normalized spacial score (nSPS) is 11.9. The van der Waals surface area contributed by atoms with E-state index < -0.39 is 0 Å². The lowest BCUT2D eigenvalue weighted by Gasteiger charge is -2.06. The summed E-state index contributed by atoms with van der Waals surface area (Å²) in [7, 11) is 0. The summed E-state index contributed by atoms with van der Waals surface area (Å²) >= 11 is 5.95. The van der Waals surface area contributed by atoms with Gasteiger partial charge in [0.25, 0.3) is 5.91 Å². The van der Waals surface area contributed by atoms with Crippen LogP contribution in [-0.4, -0.2) is 18.2 Å². The molecule has 0 aliphatic rings. The van der Waals surface area contributed by atoms with Crippen molar-refractivity contribution in [2.75, 3.05) is 6.61 Å². The fraction of sp³-hybridized carbons (Fsp3) is 0.143. The predicted octanol–water partition coefficient (Wildman–Crippen LogP) is 4.79. The maximum atomic E-state index is 11.8. The molecule has 0 unspecified atom stereocenters. The van der Waals surface area contributed by atoms with Crippen LogP contribution in [0.3, 0.4) is 0 Å². The number of benzene rings is 2. The Balaban J connectivity index is 1.76. The highest BCUT2D eigenvalue weighted by Crippen LogP contribution is 2.20. The second-order valence-electron chi connectivity index (χ2n) is 5.62. The SMILES string of the molecule is CC(C=CC=Cc1ccccc1)=NNC(=O)COc1ccc(Cl)c(C)c1. The van der Waals surface area contributed by atoms with Crippen LogP contribution in [0.5, 0.6) is 5.75 Å². The molecular formula is C21H21ClN2O2. The summed E-state index contributed by atoms with van der Waals surface area (Å²) < 4.78 is 5.41. The van der Waals surface area contributed by atoms with Crippen molar-refractivity contribution in [2.24, 2.45) is 5.10 Å². The van der Waals surface area contributed by atoms with Crippen LogP contribution >= 0.6 is 11.6 Å². The third kappa shape index (κ3) is 6.95. The number of carbonyl (C=O) groups excluding carboxylic acids is 1. The van der Waals surface area contributed by atoms with Gasteiger partial charge >= 0.3 is 0 Å². The molecule has 0 fully saturated rings. The smallest absolute Gasteiger partial charge is 0.277 e. The number of nitrogens with zero attached hydrogens (tertiary/aromatic N) is 1. The van der Waals surface area contributed by atoms with E-state index in [1.165, 1.54) is 0 Å². The van der Waals surface area contributed by atoms with Crippen LogP contribution in [0.4, 0.5) is 0 Å². The van der Waals surface area contributed by atoms with E-state index in [0.717, 1.165) is 11.1 Å². The molecule has 0 spiro atoms. The summed E-state index contributed by atoms with van der Waals surface area (Å²) in [4.78, 5) is 11.8. The molecule has 0 atom stereocenters. The molecule has 134 valence electrons. The first-order chi connectivity index (χ1) is 12.5. The number of carbonyl (C=O) groups is 1. The largest absolute Gasteiger partial charge is 0.484 e. The number of nitrogens with one attached hydrogen (secondary N) is 1. The van der Waals surface area contributed by atoms with Crippen molar-refractivity contribution >= 4 is 29.3 Å². The molecule has 0 aliphatic heterocycles. The first-order valence-corrected chi connectivity index (χ1v) is 8.54. The van der Waals surface area contributed by atoms with E-state index in [-0.39, 0.29) is 12.5 Å². The first kappa shape index (κ1) is 19.5. The minimum Gasteiger partial charge on any atom is -0.484 e. The van der Waals surface area contributed by atoms with Crippen LogP contribution in [-0.2, 0) is 4.79 Å². The van der Waals surface area contributed by atoms with E-state index in [9.17, 15) is 4.79 Å². The van der Waals surface area contributed by atoms with Gasteiger partial charge in [-0.2, -0.15) is 5.10 Å². The predicted molar refractivity (Wildman–Crippen MR) is 108 cm³/mol. The van der Waals surface area contributed by atoms with E-state index in [0.29, 0.717) is 16.5 Å². The minimum absolute atomic E-state index is 0.116. The van der Waals surface area contributed by atoms with Crippen molar-refractivity contribution in [3.8, 4) is 5.75 Å². The lowest BCUT2D eigenvalue weighted by molar-refractivity contribution is -0.123. The van der Waals surface area contributed by atoms with E-state index in [4.69, 9.17) is 16.3 Å². The van der Waals surface area contributed by atoms with Crippen LogP contribution in [0.2, 0.25) is 5.02 Å². The second-order valence-corrected chi connectivity index (χ2v) is 6.02. The lowest BCUT2D eigenvalue weighted by Crippen LogP contribution is -2.25. The Bertz CT molecular complexity index is 827. The molecule has 1 N–H and O–H groups in total. The highest BCUT2D eigenvalue weighted by atomic mass is 35.5. The molecule has 0 heterocycles. The summed E-state index contributed by atoms with van der Waals surface area (Å²) in [6.07, 6.45) is 7.58. The third-order valence-electron chi connectivity index (χ3n) is 3.39. The van der Waals surface area contributed by atoms with Gasteiger partial charge < -0.3 is 4.74 Å². The molecule has 0 saturated carbocycles. The van der Waals surface area contributed by atoms with Gasteiger partial charge in [-0.1, -0.05) is 60.2 Å². The number of hydrogen-bond acceptors (Lipinski definition) is 3. The van der Waals surface area contributed by atoms with Crippen molar-refractivity contribution in [2.45, 2.75) is 13.8 Å².